The number of benzene rings is 1. The lowest BCUT2D eigenvalue weighted by Crippen LogP contribution is -2.13. The molecule has 0 saturated heterocycles. The second-order valence-electron chi connectivity index (χ2n) is 3.60. The fraction of sp³-hybridized carbons (Fsp3) is 0.500. The van der Waals surface area contributed by atoms with Crippen molar-refractivity contribution in [1.82, 2.24) is 0 Å². The van der Waals surface area contributed by atoms with E-state index in [0.29, 0.717) is 6.54 Å². The molecule has 0 amide bonds. The van der Waals surface area contributed by atoms with E-state index < -0.39 is 0 Å². The van der Waals surface area contributed by atoms with Crippen LogP contribution in [0.4, 0.5) is 0 Å². The van der Waals surface area contributed by atoms with Crippen molar-refractivity contribution in [3.8, 4) is 5.75 Å². The van der Waals surface area contributed by atoms with Crippen molar-refractivity contribution >= 4 is 15.9 Å². The molecule has 1 unspecified atom stereocenters. The van der Waals surface area contributed by atoms with Crippen LogP contribution in [-0.4, -0.2) is 12.6 Å². The van der Waals surface area contributed by atoms with Gasteiger partial charge in [0, 0.05) is 0 Å². The Hall–Kier alpha value is -0.540. The largest absolute Gasteiger partial charge is 0.489 e. The van der Waals surface area contributed by atoms with E-state index in [0.717, 1.165) is 23.1 Å². The second kappa shape index (κ2) is 6.13. The summed E-state index contributed by atoms with van der Waals surface area (Å²) in [5, 5.41) is 0. The number of hydrogen-bond donors (Lipinski definition) is 1. The number of hydrogen-bond acceptors (Lipinski definition) is 2. The Morgan fingerprint density at radius 3 is 2.80 bits per heavy atom. The maximum atomic E-state index is 5.88. The summed E-state index contributed by atoms with van der Waals surface area (Å²) in [5.41, 5.74) is 6.75. The van der Waals surface area contributed by atoms with Gasteiger partial charge in [-0.3, -0.25) is 0 Å². The van der Waals surface area contributed by atoms with E-state index in [2.05, 4.69) is 35.8 Å². The molecule has 0 spiro atoms. The van der Waals surface area contributed by atoms with Crippen molar-refractivity contribution in [2.45, 2.75) is 32.8 Å². The summed E-state index contributed by atoms with van der Waals surface area (Å²) in [5.74, 6) is 0.942. The molecule has 2 nitrogen and oxygen atoms in total. The molecular weight excluding hydrogens is 254 g/mol. The molecule has 0 saturated carbocycles. The van der Waals surface area contributed by atoms with Crippen LogP contribution in [0.3, 0.4) is 0 Å². The highest BCUT2D eigenvalue weighted by Crippen LogP contribution is 2.30. The van der Waals surface area contributed by atoms with Gasteiger partial charge < -0.3 is 10.5 Å². The van der Waals surface area contributed by atoms with Gasteiger partial charge in [0.05, 0.1) is 10.6 Å². The van der Waals surface area contributed by atoms with Gasteiger partial charge in [0.2, 0.25) is 0 Å². The van der Waals surface area contributed by atoms with Crippen molar-refractivity contribution in [2.24, 2.45) is 5.73 Å². The number of nitrogens with two attached hydrogens (primary N) is 1. The summed E-state index contributed by atoms with van der Waals surface area (Å²) < 4.78 is 6.88. The van der Waals surface area contributed by atoms with Crippen LogP contribution < -0.4 is 10.5 Å². The minimum atomic E-state index is 0.236. The van der Waals surface area contributed by atoms with Crippen molar-refractivity contribution in [1.29, 1.82) is 0 Å². The molecule has 3 heteroatoms. The minimum Gasteiger partial charge on any atom is -0.489 e. The topological polar surface area (TPSA) is 35.2 Å². The van der Waals surface area contributed by atoms with Crippen molar-refractivity contribution in [2.75, 3.05) is 6.54 Å². The molecule has 84 valence electrons. The Labute approximate surface area is 99.9 Å². The summed E-state index contributed by atoms with van der Waals surface area (Å²) >= 11 is 3.51. The van der Waals surface area contributed by atoms with E-state index in [-0.39, 0.29) is 6.10 Å². The first kappa shape index (κ1) is 12.5. The number of rotatable bonds is 5. The van der Waals surface area contributed by atoms with Crippen molar-refractivity contribution in [3.05, 3.63) is 28.2 Å². The summed E-state index contributed by atoms with van der Waals surface area (Å²) in [7, 11) is 0. The molecule has 0 aliphatic rings. The average Bonchev–Trinajstić information content (AvgIpc) is 2.23. The highest BCUT2D eigenvalue weighted by Gasteiger charge is 2.10. The van der Waals surface area contributed by atoms with Gasteiger partial charge in [0.25, 0.3) is 0 Å². The van der Waals surface area contributed by atoms with E-state index in [1.54, 1.807) is 0 Å². The molecule has 0 aromatic heterocycles. The van der Waals surface area contributed by atoms with E-state index in [1.807, 2.05) is 12.1 Å². The predicted octanol–water partition coefficient (Wildman–Crippen LogP) is 3.13. The number of para-hydroxylation sites is 1. The third-order valence-corrected chi connectivity index (χ3v) is 2.98. The third kappa shape index (κ3) is 3.50. The SMILES string of the molecule is CCC(C)Oc1c(Br)cccc1CCN. The summed E-state index contributed by atoms with van der Waals surface area (Å²) in [4.78, 5) is 0. The molecule has 15 heavy (non-hydrogen) atoms. The Kier molecular flexibility index (Phi) is 5.12. The van der Waals surface area contributed by atoms with E-state index in [4.69, 9.17) is 10.5 Å². The predicted molar refractivity (Wildman–Crippen MR) is 67.3 cm³/mol. The first-order valence-electron chi connectivity index (χ1n) is 5.33. The van der Waals surface area contributed by atoms with E-state index in [1.165, 1.54) is 5.56 Å². The monoisotopic (exact) mass is 271 g/mol. The highest BCUT2D eigenvalue weighted by molar-refractivity contribution is 9.10. The number of halogens is 1. The van der Waals surface area contributed by atoms with Gasteiger partial charge in [-0.05, 0) is 53.9 Å². The van der Waals surface area contributed by atoms with Gasteiger partial charge in [-0.2, -0.15) is 0 Å². The Bertz CT molecular complexity index is 314. The van der Waals surface area contributed by atoms with Gasteiger partial charge >= 0.3 is 0 Å². The third-order valence-electron chi connectivity index (χ3n) is 2.36. The lowest BCUT2D eigenvalue weighted by atomic mass is 10.1. The van der Waals surface area contributed by atoms with Gasteiger partial charge in [0.1, 0.15) is 5.75 Å². The molecular formula is C12H18BrNO. The summed E-state index contributed by atoms with van der Waals surface area (Å²) in [6, 6.07) is 6.08. The number of ether oxygens (including phenoxy) is 1. The van der Waals surface area contributed by atoms with Gasteiger partial charge in [0.15, 0.2) is 0 Å². The lowest BCUT2D eigenvalue weighted by molar-refractivity contribution is 0.214. The first-order valence-corrected chi connectivity index (χ1v) is 6.12. The zero-order chi connectivity index (χ0) is 11.3. The summed E-state index contributed by atoms with van der Waals surface area (Å²) in [6.45, 7) is 4.84. The minimum absolute atomic E-state index is 0.236. The van der Waals surface area contributed by atoms with E-state index >= 15 is 0 Å². The van der Waals surface area contributed by atoms with Crippen molar-refractivity contribution in [3.63, 3.8) is 0 Å². The van der Waals surface area contributed by atoms with Gasteiger partial charge in [-0.15, -0.1) is 0 Å². The van der Waals surface area contributed by atoms with Crippen LogP contribution in [0.25, 0.3) is 0 Å². The van der Waals surface area contributed by atoms with Crippen molar-refractivity contribution < 1.29 is 4.74 Å². The maximum absolute atomic E-state index is 5.88. The van der Waals surface area contributed by atoms with Gasteiger partial charge in [-0.1, -0.05) is 19.1 Å². The average molecular weight is 272 g/mol. The Morgan fingerprint density at radius 1 is 1.47 bits per heavy atom. The Balaban J connectivity index is 2.91. The fourth-order valence-corrected chi connectivity index (χ4v) is 1.82. The van der Waals surface area contributed by atoms with Crippen LogP contribution in [-0.2, 0) is 6.42 Å². The zero-order valence-electron chi connectivity index (χ0n) is 9.29. The molecule has 0 aliphatic carbocycles. The molecule has 1 aromatic rings. The molecule has 1 atom stereocenters. The normalized spacial score (nSPS) is 12.5. The molecule has 0 bridgehead atoms. The van der Waals surface area contributed by atoms with Crippen LogP contribution in [0.1, 0.15) is 25.8 Å². The fourth-order valence-electron chi connectivity index (χ4n) is 1.32. The quantitative estimate of drug-likeness (QED) is 0.893. The van der Waals surface area contributed by atoms with Crippen LogP contribution in [0.15, 0.2) is 22.7 Å². The molecule has 0 fully saturated rings. The first-order chi connectivity index (χ1) is 7.19. The second-order valence-corrected chi connectivity index (χ2v) is 4.46. The lowest BCUT2D eigenvalue weighted by Gasteiger charge is -2.17. The zero-order valence-corrected chi connectivity index (χ0v) is 10.9. The summed E-state index contributed by atoms with van der Waals surface area (Å²) in [6.07, 6.45) is 2.09. The van der Waals surface area contributed by atoms with Crippen LogP contribution >= 0.6 is 15.9 Å². The Morgan fingerprint density at radius 2 is 2.20 bits per heavy atom. The molecule has 1 rings (SSSR count). The molecule has 1 aromatic carbocycles. The molecule has 2 N–H and O–H groups in total. The smallest absolute Gasteiger partial charge is 0.137 e. The van der Waals surface area contributed by atoms with E-state index in [9.17, 15) is 0 Å². The molecule has 0 radical (unpaired) electrons. The highest BCUT2D eigenvalue weighted by atomic mass is 79.9. The van der Waals surface area contributed by atoms with Crippen LogP contribution in [0.2, 0.25) is 0 Å². The van der Waals surface area contributed by atoms with Crippen LogP contribution in [0, 0.1) is 0 Å². The maximum Gasteiger partial charge on any atom is 0.137 e. The van der Waals surface area contributed by atoms with Gasteiger partial charge in [-0.25, -0.2) is 0 Å². The standard InChI is InChI=1S/C12H18BrNO/c1-3-9(2)15-12-10(7-8-14)5-4-6-11(12)13/h4-6,9H,3,7-8,14H2,1-2H3. The molecule has 0 heterocycles. The van der Waals surface area contributed by atoms with Crippen LogP contribution in [0.5, 0.6) is 5.75 Å². The molecule has 0 aliphatic heterocycles.